The second-order valence-corrected chi connectivity index (χ2v) is 7.29. The maximum atomic E-state index is 12.4. The molecule has 8 nitrogen and oxygen atoms in total. The minimum atomic E-state index is -0.242. The van der Waals surface area contributed by atoms with Crippen LogP contribution in [0.3, 0.4) is 0 Å². The summed E-state index contributed by atoms with van der Waals surface area (Å²) in [5, 5.41) is 5.77. The van der Waals surface area contributed by atoms with Gasteiger partial charge < -0.3 is 9.88 Å². The number of thiazole rings is 1. The zero-order valence-corrected chi connectivity index (χ0v) is 15.7. The first-order valence-electron chi connectivity index (χ1n) is 8.82. The molecule has 2 atom stereocenters. The first-order valence-corrected chi connectivity index (χ1v) is 9.70. The summed E-state index contributed by atoms with van der Waals surface area (Å²) < 4.78 is 2.07. The highest BCUT2D eigenvalue weighted by Crippen LogP contribution is 2.22. The van der Waals surface area contributed by atoms with Crippen molar-refractivity contribution in [1.82, 2.24) is 35.7 Å². The van der Waals surface area contributed by atoms with Crippen molar-refractivity contribution in [2.24, 2.45) is 7.05 Å². The number of hydrogen-bond donors (Lipinski definition) is 3. The van der Waals surface area contributed by atoms with Gasteiger partial charge in [-0.3, -0.25) is 4.79 Å². The van der Waals surface area contributed by atoms with Crippen LogP contribution in [0.1, 0.15) is 23.9 Å². The van der Waals surface area contributed by atoms with Crippen LogP contribution in [0.5, 0.6) is 0 Å². The zero-order valence-electron chi connectivity index (χ0n) is 14.9. The molecule has 3 aromatic rings. The molecule has 1 amide bonds. The van der Waals surface area contributed by atoms with Gasteiger partial charge in [-0.1, -0.05) is 0 Å². The number of aromatic nitrogens is 4. The van der Waals surface area contributed by atoms with Crippen molar-refractivity contribution < 1.29 is 4.79 Å². The third-order valence-corrected chi connectivity index (χ3v) is 5.44. The van der Waals surface area contributed by atoms with E-state index < -0.39 is 0 Å². The summed E-state index contributed by atoms with van der Waals surface area (Å²) in [6.07, 6.45) is 6.81. The van der Waals surface area contributed by atoms with E-state index in [1.807, 2.05) is 24.7 Å². The molecule has 140 valence electrons. The van der Waals surface area contributed by atoms with Gasteiger partial charge in [0.1, 0.15) is 6.04 Å². The second kappa shape index (κ2) is 7.95. The van der Waals surface area contributed by atoms with Crippen LogP contribution in [0.2, 0.25) is 0 Å². The Morgan fingerprint density at radius 2 is 2.19 bits per heavy atom. The molecule has 1 aliphatic heterocycles. The van der Waals surface area contributed by atoms with Crippen LogP contribution in [0.15, 0.2) is 42.2 Å². The highest BCUT2D eigenvalue weighted by Gasteiger charge is 2.30. The number of rotatable bonds is 6. The number of carbonyl (C=O) groups is 1. The molecule has 4 heterocycles. The van der Waals surface area contributed by atoms with Gasteiger partial charge in [0.2, 0.25) is 5.91 Å². The monoisotopic (exact) mass is 383 g/mol. The molecule has 3 N–H and O–H groups in total. The maximum Gasteiger partial charge on any atom is 0.238 e. The predicted molar refractivity (Wildman–Crippen MR) is 103 cm³/mol. The van der Waals surface area contributed by atoms with E-state index in [1.54, 1.807) is 18.5 Å². The fourth-order valence-electron chi connectivity index (χ4n) is 3.13. The first kappa shape index (κ1) is 17.8. The number of carbonyl (C=O) groups excluding carboxylic acids is 1. The van der Waals surface area contributed by atoms with E-state index in [9.17, 15) is 4.79 Å². The van der Waals surface area contributed by atoms with Crippen molar-refractivity contribution in [3.63, 3.8) is 0 Å². The van der Waals surface area contributed by atoms with Crippen LogP contribution in [-0.2, 0) is 18.3 Å². The summed E-state index contributed by atoms with van der Waals surface area (Å²) in [7, 11) is 2.01. The van der Waals surface area contributed by atoms with Gasteiger partial charge in [-0.05, 0) is 24.6 Å². The van der Waals surface area contributed by atoms with E-state index in [2.05, 4.69) is 41.8 Å². The van der Waals surface area contributed by atoms with E-state index in [0.29, 0.717) is 18.8 Å². The van der Waals surface area contributed by atoms with E-state index in [0.717, 1.165) is 22.8 Å². The highest BCUT2D eigenvalue weighted by molar-refractivity contribution is 7.13. The highest BCUT2D eigenvalue weighted by atomic mass is 32.1. The molecule has 0 radical (unpaired) electrons. The molecule has 0 bridgehead atoms. The van der Waals surface area contributed by atoms with Gasteiger partial charge in [-0.25, -0.2) is 25.8 Å². The molecule has 2 unspecified atom stereocenters. The molecule has 0 aliphatic carbocycles. The summed E-state index contributed by atoms with van der Waals surface area (Å²) in [6.45, 7) is 0.546. The van der Waals surface area contributed by atoms with Gasteiger partial charge in [-0.15, -0.1) is 11.3 Å². The van der Waals surface area contributed by atoms with Gasteiger partial charge in [0.25, 0.3) is 0 Å². The van der Waals surface area contributed by atoms with Gasteiger partial charge in [0.05, 0.1) is 11.7 Å². The number of amides is 1. The minimum Gasteiger partial charge on any atom is -0.354 e. The Balaban J connectivity index is 1.26. The lowest BCUT2D eigenvalue weighted by Crippen LogP contribution is -2.43. The smallest absolute Gasteiger partial charge is 0.238 e. The zero-order chi connectivity index (χ0) is 18.6. The van der Waals surface area contributed by atoms with Gasteiger partial charge in [-0.2, -0.15) is 0 Å². The normalized spacial score (nSPS) is 19.3. The van der Waals surface area contributed by atoms with Crippen molar-refractivity contribution >= 4 is 17.2 Å². The number of aryl methyl sites for hydroxylation is 1. The lowest BCUT2D eigenvalue weighted by molar-refractivity contribution is -0.122. The lowest BCUT2D eigenvalue weighted by atomic mass is 10.1. The summed E-state index contributed by atoms with van der Waals surface area (Å²) in [5.41, 5.74) is 8.39. The average Bonchev–Trinajstić information content (AvgIpc) is 3.42. The molecular weight excluding hydrogens is 362 g/mol. The third kappa shape index (κ3) is 4.05. The van der Waals surface area contributed by atoms with Crippen molar-refractivity contribution in [1.29, 1.82) is 0 Å². The van der Waals surface area contributed by atoms with Crippen molar-refractivity contribution in [3.05, 3.63) is 53.6 Å². The summed E-state index contributed by atoms with van der Waals surface area (Å²) in [6, 6.07) is 5.74. The molecule has 0 spiro atoms. The Morgan fingerprint density at radius 3 is 2.96 bits per heavy atom. The van der Waals surface area contributed by atoms with Crippen LogP contribution >= 0.6 is 11.3 Å². The molecule has 4 rings (SSSR count). The molecule has 0 aromatic carbocycles. The van der Waals surface area contributed by atoms with Crippen LogP contribution in [0.25, 0.3) is 10.8 Å². The SMILES string of the molecule is Cn1cccc1C1CC(C(=O)NCCc2csc(-c3ncccn3)n2)NN1. The van der Waals surface area contributed by atoms with E-state index in [-0.39, 0.29) is 18.0 Å². The molecular formula is C18H21N7OS. The summed E-state index contributed by atoms with van der Waals surface area (Å²) in [5.74, 6) is 0.631. The largest absolute Gasteiger partial charge is 0.354 e. The van der Waals surface area contributed by atoms with Crippen LogP contribution in [0.4, 0.5) is 0 Å². The maximum absolute atomic E-state index is 12.4. The van der Waals surface area contributed by atoms with Crippen molar-refractivity contribution in [2.75, 3.05) is 6.54 Å². The minimum absolute atomic E-state index is 0.000977. The van der Waals surface area contributed by atoms with E-state index in [4.69, 9.17) is 0 Å². The number of nitrogens with zero attached hydrogens (tertiary/aromatic N) is 4. The van der Waals surface area contributed by atoms with E-state index in [1.165, 1.54) is 11.3 Å². The van der Waals surface area contributed by atoms with Crippen molar-refractivity contribution in [2.45, 2.75) is 24.9 Å². The van der Waals surface area contributed by atoms with Crippen LogP contribution in [0, 0.1) is 0 Å². The fraction of sp³-hybridized carbons (Fsp3) is 0.333. The second-order valence-electron chi connectivity index (χ2n) is 6.43. The topological polar surface area (TPSA) is 96.8 Å². The summed E-state index contributed by atoms with van der Waals surface area (Å²) >= 11 is 1.51. The third-order valence-electron chi connectivity index (χ3n) is 4.55. The van der Waals surface area contributed by atoms with Crippen LogP contribution in [-0.4, -0.2) is 38.0 Å². The Labute approximate surface area is 161 Å². The Bertz CT molecular complexity index is 907. The summed E-state index contributed by atoms with van der Waals surface area (Å²) in [4.78, 5) is 25.4. The van der Waals surface area contributed by atoms with Gasteiger partial charge in [0.15, 0.2) is 10.8 Å². The Hall–Kier alpha value is -2.62. The molecule has 1 fully saturated rings. The standard InChI is InChI=1S/C18H21N7OS/c1-25-9-2-4-15(25)13-10-14(24-23-13)17(26)21-8-5-12-11-27-18(22-12)16-19-6-3-7-20-16/h2-4,6-7,9,11,13-14,23-24H,5,8,10H2,1H3,(H,21,26). The quantitative estimate of drug-likeness (QED) is 0.592. The molecule has 27 heavy (non-hydrogen) atoms. The Kier molecular flexibility index (Phi) is 5.23. The predicted octanol–water partition coefficient (Wildman–Crippen LogP) is 1.21. The number of nitrogens with one attached hydrogen (secondary N) is 3. The molecule has 9 heteroatoms. The van der Waals surface area contributed by atoms with E-state index >= 15 is 0 Å². The van der Waals surface area contributed by atoms with Gasteiger partial charge in [0, 0.05) is 49.7 Å². The van der Waals surface area contributed by atoms with Crippen molar-refractivity contribution in [3.8, 4) is 10.8 Å². The molecule has 1 aliphatic rings. The number of hydrazine groups is 1. The lowest BCUT2D eigenvalue weighted by Gasteiger charge is -2.11. The molecule has 3 aromatic heterocycles. The molecule has 1 saturated heterocycles. The number of hydrogen-bond acceptors (Lipinski definition) is 7. The molecule has 0 saturated carbocycles. The fourth-order valence-corrected chi connectivity index (χ4v) is 3.93. The van der Waals surface area contributed by atoms with Gasteiger partial charge >= 0.3 is 0 Å². The Morgan fingerprint density at radius 1 is 1.33 bits per heavy atom. The average molecular weight is 383 g/mol. The van der Waals surface area contributed by atoms with Crippen LogP contribution < -0.4 is 16.2 Å². The first-order chi connectivity index (χ1) is 13.2.